The monoisotopic (exact) mass is 189 g/mol. The maximum absolute atomic E-state index is 10.9. The fourth-order valence-corrected chi connectivity index (χ4v) is 0.611. The van der Waals surface area contributed by atoms with Crippen LogP contribution >= 0.6 is 12.4 Å². The number of rotatable bonds is 1. The number of methoxy groups -OCH3 is 1. The number of nitrogen functional groups attached to an aromatic ring is 1. The summed E-state index contributed by atoms with van der Waals surface area (Å²) in [6.07, 6.45) is 2.56. The van der Waals surface area contributed by atoms with Crippen molar-refractivity contribution in [3.8, 4) is 0 Å². The van der Waals surface area contributed by atoms with Gasteiger partial charge in [-0.05, 0) is 0 Å². The maximum atomic E-state index is 10.9. The highest BCUT2D eigenvalue weighted by atomic mass is 35.5. The van der Waals surface area contributed by atoms with Crippen molar-refractivity contribution < 1.29 is 9.53 Å². The highest BCUT2D eigenvalue weighted by molar-refractivity contribution is 5.94. The van der Waals surface area contributed by atoms with Gasteiger partial charge in [-0.1, -0.05) is 0 Å². The Balaban J connectivity index is 0.00000121. The first-order valence-corrected chi connectivity index (χ1v) is 2.90. The first kappa shape index (κ1) is 10.6. The van der Waals surface area contributed by atoms with Gasteiger partial charge in [0.1, 0.15) is 5.56 Å². The summed E-state index contributed by atoms with van der Waals surface area (Å²) in [5.41, 5.74) is 5.90. The van der Waals surface area contributed by atoms with E-state index in [4.69, 9.17) is 5.73 Å². The minimum atomic E-state index is -0.502. The third-order valence-corrected chi connectivity index (χ3v) is 1.17. The van der Waals surface area contributed by atoms with Crippen LogP contribution in [0.15, 0.2) is 12.4 Å². The summed E-state index contributed by atoms with van der Waals surface area (Å²) in [5, 5.41) is 6.96. The molecule has 5 nitrogen and oxygen atoms in total. The SMILES string of the molecule is COC(=O)c1cnncc1N.Cl. The Morgan fingerprint density at radius 2 is 2.08 bits per heavy atom. The average molecular weight is 190 g/mol. The van der Waals surface area contributed by atoms with Crippen LogP contribution < -0.4 is 5.73 Å². The minimum absolute atomic E-state index is 0. The van der Waals surface area contributed by atoms with Crippen LogP contribution in [0.4, 0.5) is 5.69 Å². The van der Waals surface area contributed by atoms with Crippen LogP contribution in [0.3, 0.4) is 0 Å². The molecule has 0 radical (unpaired) electrons. The summed E-state index contributed by atoms with van der Waals surface area (Å²) < 4.78 is 4.43. The first-order valence-electron chi connectivity index (χ1n) is 2.90. The van der Waals surface area contributed by atoms with Crippen molar-refractivity contribution in [1.29, 1.82) is 0 Å². The zero-order valence-corrected chi connectivity index (χ0v) is 7.17. The van der Waals surface area contributed by atoms with Crippen molar-refractivity contribution in [2.45, 2.75) is 0 Å². The molecule has 0 unspecified atom stereocenters. The molecule has 0 aliphatic carbocycles. The Hall–Kier alpha value is -1.36. The van der Waals surface area contributed by atoms with Crippen LogP contribution in [-0.2, 0) is 4.74 Å². The summed E-state index contributed by atoms with van der Waals surface area (Å²) in [4.78, 5) is 10.9. The fraction of sp³-hybridized carbons (Fsp3) is 0.167. The number of esters is 1. The van der Waals surface area contributed by atoms with E-state index >= 15 is 0 Å². The van der Waals surface area contributed by atoms with Gasteiger partial charge in [-0.3, -0.25) is 0 Å². The molecule has 0 saturated heterocycles. The van der Waals surface area contributed by atoms with Gasteiger partial charge in [0, 0.05) is 0 Å². The van der Waals surface area contributed by atoms with Crippen LogP contribution in [-0.4, -0.2) is 23.3 Å². The maximum Gasteiger partial charge on any atom is 0.341 e. The highest BCUT2D eigenvalue weighted by Crippen LogP contribution is 2.07. The van der Waals surface area contributed by atoms with E-state index in [1.54, 1.807) is 0 Å². The second-order valence-corrected chi connectivity index (χ2v) is 1.85. The molecule has 2 N–H and O–H groups in total. The Morgan fingerprint density at radius 3 is 2.58 bits per heavy atom. The lowest BCUT2D eigenvalue weighted by atomic mass is 10.3. The quantitative estimate of drug-likeness (QED) is 0.642. The molecule has 0 aliphatic heterocycles. The standard InChI is InChI=1S/C6H7N3O2.ClH/c1-11-6(10)4-2-8-9-3-5(4)7;/h2-3H,1H3,(H2,7,8);1H. The zero-order valence-electron chi connectivity index (χ0n) is 6.35. The number of carbonyl (C=O) groups is 1. The summed E-state index contributed by atoms with van der Waals surface area (Å²) in [5.74, 6) is -0.502. The number of nitrogens with zero attached hydrogens (tertiary/aromatic N) is 2. The number of anilines is 1. The molecule has 6 heteroatoms. The van der Waals surface area contributed by atoms with Gasteiger partial charge in [0.2, 0.25) is 0 Å². The number of aromatic nitrogens is 2. The number of hydrogen-bond acceptors (Lipinski definition) is 5. The second-order valence-electron chi connectivity index (χ2n) is 1.85. The van der Waals surface area contributed by atoms with Crippen molar-refractivity contribution in [3.63, 3.8) is 0 Å². The predicted molar refractivity (Wildman–Crippen MR) is 45.0 cm³/mol. The van der Waals surface area contributed by atoms with Gasteiger partial charge < -0.3 is 10.5 Å². The van der Waals surface area contributed by atoms with Gasteiger partial charge in [-0.25, -0.2) is 4.79 Å². The molecular formula is C6H8ClN3O2. The number of hydrogen-bond donors (Lipinski definition) is 1. The zero-order chi connectivity index (χ0) is 8.27. The average Bonchev–Trinajstić information content (AvgIpc) is 2.04. The van der Waals surface area contributed by atoms with E-state index in [-0.39, 0.29) is 23.7 Å². The summed E-state index contributed by atoms with van der Waals surface area (Å²) >= 11 is 0. The Labute approximate surface area is 75.3 Å². The van der Waals surface area contributed by atoms with Gasteiger partial charge in [0.15, 0.2) is 0 Å². The third-order valence-electron chi connectivity index (χ3n) is 1.17. The van der Waals surface area contributed by atoms with E-state index in [1.807, 2.05) is 0 Å². The van der Waals surface area contributed by atoms with Crippen molar-refractivity contribution in [1.82, 2.24) is 10.2 Å². The molecule has 12 heavy (non-hydrogen) atoms. The van der Waals surface area contributed by atoms with Gasteiger partial charge >= 0.3 is 5.97 Å². The largest absolute Gasteiger partial charge is 0.465 e. The molecule has 66 valence electrons. The molecule has 1 aromatic heterocycles. The predicted octanol–water partition coefficient (Wildman–Crippen LogP) is 0.267. The van der Waals surface area contributed by atoms with Gasteiger partial charge in [0.05, 0.1) is 25.2 Å². The molecule has 0 amide bonds. The van der Waals surface area contributed by atoms with E-state index < -0.39 is 5.97 Å². The van der Waals surface area contributed by atoms with E-state index in [0.29, 0.717) is 0 Å². The molecule has 0 aromatic carbocycles. The van der Waals surface area contributed by atoms with Gasteiger partial charge in [-0.2, -0.15) is 10.2 Å². The topological polar surface area (TPSA) is 78.1 Å². The van der Waals surface area contributed by atoms with Gasteiger partial charge in [-0.15, -0.1) is 12.4 Å². The van der Waals surface area contributed by atoms with Crippen molar-refractivity contribution in [3.05, 3.63) is 18.0 Å². The smallest absolute Gasteiger partial charge is 0.341 e. The van der Waals surface area contributed by atoms with Crippen molar-refractivity contribution in [2.24, 2.45) is 0 Å². The highest BCUT2D eigenvalue weighted by Gasteiger charge is 2.08. The molecule has 0 saturated carbocycles. The number of halogens is 1. The summed E-state index contributed by atoms with van der Waals surface area (Å²) in [6.45, 7) is 0. The van der Waals surface area contributed by atoms with E-state index in [0.717, 1.165) is 0 Å². The summed E-state index contributed by atoms with van der Waals surface area (Å²) in [7, 11) is 1.28. The number of ether oxygens (including phenoxy) is 1. The molecular weight excluding hydrogens is 182 g/mol. The molecule has 0 aliphatic rings. The Kier molecular flexibility index (Phi) is 3.99. The Morgan fingerprint density at radius 1 is 1.50 bits per heavy atom. The molecule has 0 bridgehead atoms. The van der Waals surface area contributed by atoms with E-state index in [2.05, 4.69) is 14.9 Å². The molecule has 0 spiro atoms. The number of nitrogens with two attached hydrogens (primary N) is 1. The van der Waals surface area contributed by atoms with Crippen molar-refractivity contribution >= 4 is 24.1 Å². The minimum Gasteiger partial charge on any atom is -0.465 e. The lowest BCUT2D eigenvalue weighted by Crippen LogP contribution is -2.06. The van der Waals surface area contributed by atoms with E-state index in [1.165, 1.54) is 19.5 Å². The van der Waals surface area contributed by atoms with Crippen LogP contribution in [0.2, 0.25) is 0 Å². The summed E-state index contributed by atoms with van der Waals surface area (Å²) in [6, 6.07) is 0. The lowest BCUT2D eigenvalue weighted by Gasteiger charge is -1.99. The van der Waals surface area contributed by atoms with Crippen LogP contribution in [0.5, 0.6) is 0 Å². The van der Waals surface area contributed by atoms with Crippen molar-refractivity contribution in [2.75, 3.05) is 12.8 Å². The normalized spacial score (nSPS) is 8.42. The van der Waals surface area contributed by atoms with Crippen LogP contribution in [0.1, 0.15) is 10.4 Å². The molecule has 1 rings (SSSR count). The molecule has 0 atom stereocenters. The van der Waals surface area contributed by atoms with E-state index in [9.17, 15) is 4.79 Å². The molecule has 0 fully saturated rings. The lowest BCUT2D eigenvalue weighted by molar-refractivity contribution is 0.0601. The number of carbonyl (C=O) groups excluding carboxylic acids is 1. The third kappa shape index (κ3) is 2.06. The molecule has 1 heterocycles. The fourth-order valence-electron chi connectivity index (χ4n) is 0.611. The Bertz CT molecular complexity index is 279. The van der Waals surface area contributed by atoms with Crippen LogP contribution in [0.25, 0.3) is 0 Å². The molecule has 1 aromatic rings. The first-order chi connectivity index (χ1) is 5.25. The van der Waals surface area contributed by atoms with Crippen LogP contribution in [0, 0.1) is 0 Å². The van der Waals surface area contributed by atoms with Gasteiger partial charge in [0.25, 0.3) is 0 Å². The second kappa shape index (κ2) is 4.50.